The van der Waals surface area contributed by atoms with Crippen molar-refractivity contribution in [2.75, 3.05) is 0 Å². The molecule has 0 aliphatic heterocycles. The molecule has 0 heterocycles. The summed E-state index contributed by atoms with van der Waals surface area (Å²) in [4.78, 5) is 11.7. The summed E-state index contributed by atoms with van der Waals surface area (Å²) in [6.45, 7) is 0. The molecule has 0 aromatic heterocycles. The van der Waals surface area contributed by atoms with Gasteiger partial charge in [-0.25, -0.2) is 0 Å². The number of amides is 1. The van der Waals surface area contributed by atoms with Crippen LogP contribution < -0.4 is 5.32 Å². The van der Waals surface area contributed by atoms with E-state index in [1.807, 2.05) is 30.3 Å². The fourth-order valence-corrected chi connectivity index (χ4v) is 2.25. The number of carbonyl (C=O) groups excluding carboxylic acids is 1. The van der Waals surface area contributed by atoms with Crippen LogP contribution in [-0.2, 0) is 4.79 Å². The lowest BCUT2D eigenvalue weighted by atomic mass is 9.92. The van der Waals surface area contributed by atoms with Gasteiger partial charge in [-0.2, -0.15) is 0 Å². The molecule has 3 nitrogen and oxygen atoms in total. The summed E-state index contributed by atoms with van der Waals surface area (Å²) in [6.07, 6.45) is 6.69. The van der Waals surface area contributed by atoms with Gasteiger partial charge < -0.3 is 10.4 Å². The molecule has 0 spiro atoms. The largest absolute Gasteiger partial charge is 0.391 e. The highest BCUT2D eigenvalue weighted by molar-refractivity contribution is 5.91. The Balaban J connectivity index is 1.86. The Morgan fingerprint density at radius 1 is 1.22 bits per heavy atom. The molecule has 0 unspecified atom stereocenters. The van der Waals surface area contributed by atoms with E-state index < -0.39 is 6.10 Å². The molecule has 1 aliphatic carbocycles. The number of carbonyl (C=O) groups is 1. The fourth-order valence-electron chi connectivity index (χ4n) is 2.25. The lowest BCUT2D eigenvalue weighted by molar-refractivity contribution is -0.118. The third-order valence-electron chi connectivity index (χ3n) is 3.28. The molecule has 2 atom stereocenters. The number of aliphatic hydroxyl groups excluding tert-OH is 1. The zero-order valence-electron chi connectivity index (χ0n) is 10.4. The van der Waals surface area contributed by atoms with Gasteiger partial charge in [-0.15, -0.1) is 0 Å². The first-order chi connectivity index (χ1) is 8.75. The van der Waals surface area contributed by atoms with Crippen LogP contribution in [0.2, 0.25) is 0 Å². The summed E-state index contributed by atoms with van der Waals surface area (Å²) in [7, 11) is 0. The molecule has 3 heteroatoms. The third kappa shape index (κ3) is 3.70. The second-order valence-electron chi connectivity index (χ2n) is 4.71. The lowest BCUT2D eigenvalue weighted by Gasteiger charge is -2.27. The van der Waals surface area contributed by atoms with Crippen LogP contribution >= 0.6 is 0 Å². The number of hydrogen-bond donors (Lipinski definition) is 2. The molecule has 1 amide bonds. The van der Waals surface area contributed by atoms with E-state index in [1.165, 1.54) is 6.08 Å². The molecule has 1 fully saturated rings. The van der Waals surface area contributed by atoms with Crippen molar-refractivity contribution >= 4 is 12.0 Å². The molecular weight excluding hydrogens is 226 g/mol. The number of hydrogen-bond acceptors (Lipinski definition) is 2. The predicted octanol–water partition coefficient (Wildman–Crippen LogP) is 2.12. The van der Waals surface area contributed by atoms with E-state index in [2.05, 4.69) is 5.32 Å². The Morgan fingerprint density at radius 2 is 1.94 bits per heavy atom. The Labute approximate surface area is 108 Å². The van der Waals surface area contributed by atoms with Crippen molar-refractivity contribution < 1.29 is 9.90 Å². The monoisotopic (exact) mass is 245 g/mol. The molecule has 96 valence electrons. The van der Waals surface area contributed by atoms with Crippen LogP contribution in [0.25, 0.3) is 6.08 Å². The molecule has 2 rings (SSSR count). The zero-order valence-corrected chi connectivity index (χ0v) is 10.4. The van der Waals surface area contributed by atoms with Crippen LogP contribution in [0.5, 0.6) is 0 Å². The topological polar surface area (TPSA) is 49.3 Å². The molecule has 1 saturated carbocycles. The predicted molar refractivity (Wildman–Crippen MR) is 71.9 cm³/mol. The van der Waals surface area contributed by atoms with E-state index in [0.29, 0.717) is 0 Å². The second kappa shape index (κ2) is 6.36. The van der Waals surface area contributed by atoms with Gasteiger partial charge in [0.2, 0.25) is 5.91 Å². The molecular formula is C15H19NO2. The standard InChI is InChI=1S/C15H19NO2/c17-14-9-5-4-8-13(14)16-15(18)11-10-12-6-2-1-3-7-12/h1-3,6-7,10-11,13-14,17H,4-5,8-9H2,(H,16,18)/b11-10+/t13-,14-/m0/s1. The first-order valence-electron chi connectivity index (χ1n) is 6.47. The van der Waals surface area contributed by atoms with E-state index in [9.17, 15) is 9.90 Å². The highest BCUT2D eigenvalue weighted by Gasteiger charge is 2.23. The summed E-state index contributed by atoms with van der Waals surface area (Å²) in [6, 6.07) is 9.60. The highest BCUT2D eigenvalue weighted by atomic mass is 16.3. The number of rotatable bonds is 3. The van der Waals surface area contributed by atoms with E-state index in [0.717, 1.165) is 31.2 Å². The summed E-state index contributed by atoms with van der Waals surface area (Å²) in [5.74, 6) is -0.134. The highest BCUT2D eigenvalue weighted by Crippen LogP contribution is 2.18. The van der Waals surface area contributed by atoms with Crippen molar-refractivity contribution in [1.29, 1.82) is 0 Å². The molecule has 0 radical (unpaired) electrons. The van der Waals surface area contributed by atoms with Crippen molar-refractivity contribution in [3.8, 4) is 0 Å². The second-order valence-corrected chi connectivity index (χ2v) is 4.71. The van der Waals surface area contributed by atoms with E-state index in [4.69, 9.17) is 0 Å². The Bertz CT molecular complexity index is 414. The smallest absolute Gasteiger partial charge is 0.244 e. The van der Waals surface area contributed by atoms with E-state index in [-0.39, 0.29) is 11.9 Å². The Hall–Kier alpha value is -1.61. The van der Waals surface area contributed by atoms with Gasteiger partial charge in [0.05, 0.1) is 12.1 Å². The molecule has 0 saturated heterocycles. The zero-order chi connectivity index (χ0) is 12.8. The van der Waals surface area contributed by atoms with Crippen LogP contribution in [0.3, 0.4) is 0 Å². The van der Waals surface area contributed by atoms with Gasteiger partial charge >= 0.3 is 0 Å². The van der Waals surface area contributed by atoms with Gasteiger partial charge in [0, 0.05) is 6.08 Å². The van der Waals surface area contributed by atoms with Crippen LogP contribution in [0.4, 0.5) is 0 Å². The van der Waals surface area contributed by atoms with Gasteiger partial charge in [-0.1, -0.05) is 43.2 Å². The maximum absolute atomic E-state index is 11.7. The van der Waals surface area contributed by atoms with Crippen LogP contribution in [0.1, 0.15) is 31.2 Å². The summed E-state index contributed by atoms with van der Waals surface area (Å²) < 4.78 is 0. The minimum Gasteiger partial charge on any atom is -0.391 e. The maximum atomic E-state index is 11.7. The van der Waals surface area contributed by atoms with Crippen molar-refractivity contribution in [3.05, 3.63) is 42.0 Å². The molecule has 1 aromatic carbocycles. The van der Waals surface area contributed by atoms with E-state index in [1.54, 1.807) is 6.08 Å². The van der Waals surface area contributed by atoms with Gasteiger partial charge in [0.1, 0.15) is 0 Å². The Morgan fingerprint density at radius 3 is 2.67 bits per heavy atom. The maximum Gasteiger partial charge on any atom is 0.244 e. The molecule has 1 aliphatic rings. The van der Waals surface area contributed by atoms with Crippen molar-refractivity contribution in [2.24, 2.45) is 0 Å². The third-order valence-corrected chi connectivity index (χ3v) is 3.28. The quantitative estimate of drug-likeness (QED) is 0.801. The first kappa shape index (κ1) is 12.8. The fraction of sp³-hybridized carbons (Fsp3) is 0.400. The van der Waals surface area contributed by atoms with Crippen LogP contribution in [0.15, 0.2) is 36.4 Å². The number of aliphatic hydroxyl groups is 1. The molecule has 2 N–H and O–H groups in total. The summed E-state index contributed by atoms with van der Waals surface area (Å²) >= 11 is 0. The van der Waals surface area contributed by atoms with Crippen molar-refractivity contribution in [2.45, 2.75) is 37.8 Å². The van der Waals surface area contributed by atoms with Crippen molar-refractivity contribution in [1.82, 2.24) is 5.32 Å². The van der Waals surface area contributed by atoms with Gasteiger partial charge in [-0.3, -0.25) is 4.79 Å². The average molecular weight is 245 g/mol. The van der Waals surface area contributed by atoms with Crippen LogP contribution in [0, 0.1) is 0 Å². The minimum absolute atomic E-state index is 0.0910. The Kier molecular flexibility index (Phi) is 4.53. The minimum atomic E-state index is -0.396. The first-order valence-corrected chi connectivity index (χ1v) is 6.47. The summed E-state index contributed by atoms with van der Waals surface area (Å²) in [5, 5.41) is 12.6. The molecule has 1 aromatic rings. The number of nitrogens with one attached hydrogen (secondary N) is 1. The normalized spacial score (nSPS) is 24.1. The van der Waals surface area contributed by atoms with Gasteiger partial charge in [0.25, 0.3) is 0 Å². The average Bonchev–Trinajstić information content (AvgIpc) is 2.40. The van der Waals surface area contributed by atoms with Gasteiger partial charge in [0.15, 0.2) is 0 Å². The molecule has 18 heavy (non-hydrogen) atoms. The lowest BCUT2D eigenvalue weighted by Crippen LogP contribution is -2.44. The van der Waals surface area contributed by atoms with Crippen molar-refractivity contribution in [3.63, 3.8) is 0 Å². The SMILES string of the molecule is O=C(/C=C/c1ccccc1)N[C@H]1CCCC[C@@H]1O. The molecule has 0 bridgehead atoms. The number of benzene rings is 1. The summed E-state index contributed by atoms with van der Waals surface area (Å²) in [5.41, 5.74) is 0.997. The van der Waals surface area contributed by atoms with Gasteiger partial charge in [-0.05, 0) is 24.5 Å². The van der Waals surface area contributed by atoms with Crippen LogP contribution in [-0.4, -0.2) is 23.2 Å². The van der Waals surface area contributed by atoms with E-state index >= 15 is 0 Å².